The summed E-state index contributed by atoms with van der Waals surface area (Å²) in [4.78, 5) is 10.4. The summed E-state index contributed by atoms with van der Waals surface area (Å²) in [7, 11) is 0. The van der Waals surface area contributed by atoms with Gasteiger partial charge in [-0.05, 0) is 118 Å². The van der Waals surface area contributed by atoms with Crippen LogP contribution < -0.4 is 4.74 Å². The van der Waals surface area contributed by atoms with E-state index >= 15 is 0 Å². The van der Waals surface area contributed by atoms with Gasteiger partial charge in [0.25, 0.3) is 0 Å². The predicted octanol–water partition coefficient (Wildman–Crippen LogP) is 13.0. The highest BCUT2D eigenvalue weighted by molar-refractivity contribution is 6.12. The largest absolute Gasteiger partial charge is 0.489 e. The van der Waals surface area contributed by atoms with Gasteiger partial charge in [0.2, 0.25) is 0 Å². The first-order chi connectivity index (χ1) is 27.6. The van der Waals surface area contributed by atoms with Gasteiger partial charge in [-0.2, -0.15) is 0 Å². The summed E-state index contributed by atoms with van der Waals surface area (Å²) in [6.07, 6.45) is 7.34. The molecule has 0 unspecified atom stereocenters. The molecule has 4 nitrogen and oxygen atoms in total. The normalized spacial score (nSPS) is 14.9. The number of para-hydroxylation sites is 2. The molecule has 56 heavy (non-hydrogen) atoms. The molecule has 0 aliphatic carbocycles. The van der Waals surface area contributed by atoms with Gasteiger partial charge in [-0.15, -0.1) is 0 Å². The first-order valence-corrected chi connectivity index (χ1v) is 19.1. The van der Waals surface area contributed by atoms with E-state index in [1.54, 1.807) is 0 Å². The van der Waals surface area contributed by atoms with Crippen LogP contribution >= 0.6 is 0 Å². The van der Waals surface area contributed by atoms with Crippen LogP contribution in [0.4, 0.5) is 0 Å². The lowest BCUT2D eigenvalue weighted by Crippen LogP contribution is -2.05. The highest BCUT2D eigenvalue weighted by atomic mass is 16.5. The Morgan fingerprint density at radius 2 is 1.29 bits per heavy atom. The number of nitrogens with zero attached hydrogens (tertiary/aromatic N) is 2. The number of rotatable bonds is 7. The molecule has 0 amide bonds. The predicted molar refractivity (Wildman–Crippen MR) is 233 cm³/mol. The molecule has 1 aromatic heterocycles. The summed E-state index contributed by atoms with van der Waals surface area (Å²) in [5.74, 6) is 1.62. The fourth-order valence-corrected chi connectivity index (χ4v) is 7.37. The molecule has 0 saturated carbocycles. The average molecular weight is 725 g/mol. The summed E-state index contributed by atoms with van der Waals surface area (Å²) in [6, 6.07) is 59.1. The molecule has 0 bridgehead atoms. The topological polar surface area (TPSA) is 47.1 Å². The van der Waals surface area contributed by atoms with Crippen molar-refractivity contribution in [2.24, 2.45) is 9.98 Å². The number of hydrogen-bond acceptors (Lipinski definition) is 3. The molecule has 0 saturated heterocycles. The molecule has 1 aliphatic rings. The summed E-state index contributed by atoms with van der Waals surface area (Å²) in [5.41, 5.74) is 13.8. The number of amidine groups is 1. The highest BCUT2D eigenvalue weighted by Gasteiger charge is 2.13. The lowest BCUT2D eigenvalue weighted by molar-refractivity contribution is 0.360. The van der Waals surface area contributed by atoms with Gasteiger partial charge in [-0.25, -0.2) is 4.99 Å². The zero-order valence-electron chi connectivity index (χ0n) is 31.2. The van der Waals surface area contributed by atoms with Gasteiger partial charge < -0.3 is 9.15 Å². The van der Waals surface area contributed by atoms with Crippen molar-refractivity contribution in [3.05, 3.63) is 216 Å². The van der Waals surface area contributed by atoms with Crippen molar-refractivity contribution in [2.75, 3.05) is 6.61 Å². The van der Waals surface area contributed by atoms with Crippen molar-refractivity contribution in [2.45, 2.75) is 19.9 Å². The van der Waals surface area contributed by atoms with E-state index in [2.05, 4.69) is 146 Å². The van der Waals surface area contributed by atoms with Gasteiger partial charge in [0.05, 0.1) is 6.54 Å². The van der Waals surface area contributed by atoms with Gasteiger partial charge in [0.1, 0.15) is 23.5 Å². The van der Waals surface area contributed by atoms with Crippen molar-refractivity contribution < 1.29 is 9.15 Å². The molecule has 0 radical (unpaired) electrons. The second kappa shape index (κ2) is 15.7. The van der Waals surface area contributed by atoms with Gasteiger partial charge in [-0.3, -0.25) is 4.99 Å². The molecule has 0 spiro atoms. The van der Waals surface area contributed by atoms with Crippen LogP contribution in [0.25, 0.3) is 49.8 Å². The first-order valence-electron chi connectivity index (χ1n) is 19.1. The Morgan fingerprint density at radius 3 is 2.18 bits per heavy atom. The quantitative estimate of drug-likeness (QED) is 0.121. The average Bonchev–Trinajstić information content (AvgIpc) is 3.68. The maximum Gasteiger partial charge on any atom is 0.155 e. The number of furan rings is 1. The first kappa shape index (κ1) is 34.7. The van der Waals surface area contributed by atoms with E-state index in [9.17, 15) is 0 Å². The zero-order valence-corrected chi connectivity index (χ0v) is 31.2. The minimum atomic E-state index is 0.450. The van der Waals surface area contributed by atoms with Crippen molar-refractivity contribution in [3.63, 3.8) is 0 Å². The van der Waals surface area contributed by atoms with E-state index < -0.39 is 0 Å². The lowest BCUT2D eigenvalue weighted by Gasteiger charge is -2.12. The van der Waals surface area contributed by atoms with E-state index in [-0.39, 0.29) is 0 Å². The van der Waals surface area contributed by atoms with Gasteiger partial charge >= 0.3 is 0 Å². The van der Waals surface area contributed by atoms with Gasteiger partial charge in [0, 0.05) is 22.0 Å². The zero-order chi connectivity index (χ0) is 37.7. The fraction of sp³-hybridized carbons (Fsp3) is 0.0769. The van der Waals surface area contributed by atoms with Crippen LogP contribution in [0.1, 0.15) is 34.7 Å². The van der Waals surface area contributed by atoms with Crippen LogP contribution in [0, 0.1) is 0 Å². The third-order valence-corrected chi connectivity index (χ3v) is 10.3. The maximum atomic E-state index is 6.19. The Labute approximate surface area is 327 Å². The standard InChI is InChI=1S/C52H40N2O2/c1-36(42-19-12-20-43(32-42)38-14-4-2-5-15-38)54-52(41-17-6-3-7-18-41)53-35-37-30-45(39-21-13-29-55-49-23-10-8-16-40(49)26-25-39)33-46(31-37)44-27-28-51-48(34-44)47-22-9-11-24-50(47)56-51/h2-25,27-28,30-34H,26,29,35H2,1H3/b21-13-,39-25+,53-52-,54-36+. The third kappa shape index (κ3) is 7.51. The molecule has 8 aromatic rings. The number of ether oxygens (including phenoxy) is 1. The molecule has 4 heteroatoms. The molecule has 7 aromatic carbocycles. The Hall–Kier alpha value is -7.04. The van der Waals surface area contributed by atoms with Crippen LogP contribution in [0.15, 0.2) is 202 Å². The number of allylic oxidation sites excluding steroid dienone is 3. The van der Waals surface area contributed by atoms with E-state index in [1.165, 1.54) is 11.1 Å². The monoisotopic (exact) mass is 724 g/mol. The minimum absolute atomic E-state index is 0.450. The van der Waals surface area contributed by atoms with E-state index in [0.717, 1.165) is 84.3 Å². The van der Waals surface area contributed by atoms with Crippen LogP contribution in [0.5, 0.6) is 5.75 Å². The number of hydrogen-bond donors (Lipinski definition) is 0. The molecule has 0 N–H and O–H groups in total. The Kier molecular flexibility index (Phi) is 9.76. The Balaban J connectivity index is 1.13. The molecule has 2 heterocycles. The van der Waals surface area contributed by atoms with E-state index in [1.807, 2.05) is 48.5 Å². The van der Waals surface area contributed by atoms with Crippen molar-refractivity contribution >= 4 is 39.1 Å². The molecule has 9 rings (SSSR count). The van der Waals surface area contributed by atoms with Gasteiger partial charge in [-0.1, -0.05) is 133 Å². The smallest absolute Gasteiger partial charge is 0.155 e. The van der Waals surface area contributed by atoms with Crippen molar-refractivity contribution in [3.8, 4) is 28.0 Å². The third-order valence-electron chi connectivity index (χ3n) is 10.3. The van der Waals surface area contributed by atoms with Crippen LogP contribution in [-0.2, 0) is 13.0 Å². The van der Waals surface area contributed by atoms with Crippen LogP contribution in [0.2, 0.25) is 0 Å². The van der Waals surface area contributed by atoms with Crippen LogP contribution in [-0.4, -0.2) is 18.2 Å². The van der Waals surface area contributed by atoms with E-state index in [4.69, 9.17) is 19.1 Å². The Morgan fingerprint density at radius 1 is 0.571 bits per heavy atom. The summed E-state index contributed by atoms with van der Waals surface area (Å²) < 4.78 is 12.3. The molecule has 0 fully saturated rings. The van der Waals surface area contributed by atoms with Crippen molar-refractivity contribution in [1.29, 1.82) is 0 Å². The molecule has 1 aliphatic heterocycles. The molecular formula is C52H40N2O2. The molecule has 0 atom stereocenters. The SMILES string of the molecule is C/C(=N\C(=N/Cc1cc(C2=C/Cc3ccccc3OC/C=C\2)cc(-c2ccc3oc4ccccc4c3c2)c1)c1ccccc1)c1cccc(-c2ccccc2)c1. The second-order valence-corrected chi connectivity index (χ2v) is 14.1. The number of fused-ring (bicyclic) bond motifs is 4. The van der Waals surface area contributed by atoms with Crippen molar-refractivity contribution in [1.82, 2.24) is 0 Å². The Bertz CT molecular complexity index is 2810. The summed E-state index contributed by atoms with van der Waals surface area (Å²) >= 11 is 0. The summed E-state index contributed by atoms with van der Waals surface area (Å²) in [5, 5.41) is 2.21. The lowest BCUT2D eigenvalue weighted by atomic mass is 9.94. The second-order valence-electron chi connectivity index (χ2n) is 14.1. The molecular weight excluding hydrogens is 685 g/mol. The van der Waals surface area contributed by atoms with E-state index in [0.29, 0.717) is 19.0 Å². The summed E-state index contributed by atoms with van der Waals surface area (Å²) in [6.45, 7) is 3.02. The maximum absolute atomic E-state index is 6.19. The fourth-order valence-electron chi connectivity index (χ4n) is 7.37. The number of benzene rings is 7. The number of aliphatic imine (C=N–C) groups is 2. The highest BCUT2D eigenvalue weighted by Crippen LogP contribution is 2.35. The van der Waals surface area contributed by atoms with Crippen LogP contribution in [0.3, 0.4) is 0 Å². The minimum Gasteiger partial charge on any atom is -0.489 e. The van der Waals surface area contributed by atoms with Gasteiger partial charge in [0.15, 0.2) is 5.84 Å². The molecule has 270 valence electrons.